The molecule has 0 aliphatic carbocycles. The second-order valence-corrected chi connectivity index (χ2v) is 5.29. The maximum atomic E-state index is 14.0. The first-order valence-corrected chi connectivity index (χ1v) is 6.62. The third kappa shape index (κ3) is 3.04. The van der Waals surface area contributed by atoms with E-state index in [0.717, 1.165) is 12.8 Å². The molecule has 5 heteroatoms. The normalized spacial score (nSPS) is 17.3. The molecule has 106 valence electrons. The summed E-state index contributed by atoms with van der Waals surface area (Å²) in [5, 5.41) is 0. The van der Waals surface area contributed by atoms with E-state index in [1.54, 1.807) is 4.90 Å². The van der Waals surface area contributed by atoms with Gasteiger partial charge in [-0.1, -0.05) is 0 Å². The summed E-state index contributed by atoms with van der Waals surface area (Å²) in [6, 6.07) is 3.15. The Morgan fingerprint density at radius 1 is 1.21 bits per heavy atom. The van der Waals surface area contributed by atoms with Crippen LogP contribution >= 0.6 is 0 Å². The highest BCUT2D eigenvalue weighted by atomic mass is 19.1. The molecule has 0 amide bonds. The van der Waals surface area contributed by atoms with Crippen molar-refractivity contribution in [2.75, 3.05) is 32.1 Å². The molecule has 1 aromatic rings. The molecule has 0 spiro atoms. The van der Waals surface area contributed by atoms with Crippen LogP contribution in [-0.4, -0.2) is 38.1 Å². The van der Waals surface area contributed by atoms with Gasteiger partial charge >= 0.3 is 0 Å². The fourth-order valence-electron chi connectivity index (χ4n) is 2.64. The molecule has 0 saturated carbocycles. The van der Waals surface area contributed by atoms with Gasteiger partial charge in [0.2, 0.25) is 0 Å². The average molecular weight is 269 g/mol. The van der Waals surface area contributed by atoms with Crippen LogP contribution < -0.4 is 10.6 Å². The van der Waals surface area contributed by atoms with E-state index in [9.17, 15) is 8.78 Å². The highest BCUT2D eigenvalue weighted by Gasteiger charge is 2.24. The number of hydrogen-bond acceptors (Lipinski definition) is 3. The molecule has 19 heavy (non-hydrogen) atoms. The lowest BCUT2D eigenvalue weighted by molar-refractivity contribution is 0.249. The summed E-state index contributed by atoms with van der Waals surface area (Å²) in [5.74, 6) is -1.02. The number of rotatable bonds is 3. The predicted octanol–water partition coefficient (Wildman–Crippen LogP) is 1.95. The van der Waals surface area contributed by atoms with Gasteiger partial charge in [0, 0.05) is 25.7 Å². The molecular formula is C14H21F2N3. The number of anilines is 1. The second-order valence-electron chi connectivity index (χ2n) is 5.29. The zero-order valence-electron chi connectivity index (χ0n) is 11.5. The third-order valence-electron chi connectivity index (χ3n) is 3.82. The molecule has 1 saturated heterocycles. The Hall–Kier alpha value is -1.20. The largest absolute Gasteiger partial charge is 0.367 e. The van der Waals surface area contributed by atoms with Crippen molar-refractivity contribution in [2.45, 2.75) is 25.4 Å². The van der Waals surface area contributed by atoms with Crippen LogP contribution in [0.25, 0.3) is 0 Å². The minimum atomic E-state index is -0.510. The predicted molar refractivity (Wildman–Crippen MR) is 73.2 cm³/mol. The van der Waals surface area contributed by atoms with Gasteiger partial charge in [0.1, 0.15) is 17.3 Å². The van der Waals surface area contributed by atoms with E-state index in [1.807, 2.05) is 14.1 Å². The molecule has 1 aliphatic heterocycles. The van der Waals surface area contributed by atoms with Crippen LogP contribution in [0.2, 0.25) is 0 Å². The van der Waals surface area contributed by atoms with Crippen molar-refractivity contribution in [1.29, 1.82) is 0 Å². The van der Waals surface area contributed by atoms with Gasteiger partial charge in [-0.05, 0) is 44.6 Å². The lowest BCUT2D eigenvalue weighted by atomic mass is 10.0. The molecule has 0 atom stereocenters. The second kappa shape index (κ2) is 5.84. The van der Waals surface area contributed by atoms with E-state index in [4.69, 9.17) is 5.73 Å². The quantitative estimate of drug-likeness (QED) is 0.910. The fourth-order valence-corrected chi connectivity index (χ4v) is 2.64. The standard InChI is InChI=1S/C14H21F2N3/c1-18(2)11-3-5-19(6-4-11)14-12(15)7-10(9-17)8-13(14)16/h7-8,11H,3-6,9,17H2,1-2H3. The van der Waals surface area contributed by atoms with Gasteiger partial charge in [-0.3, -0.25) is 0 Å². The van der Waals surface area contributed by atoms with Crippen LogP contribution in [0.15, 0.2) is 12.1 Å². The Morgan fingerprint density at radius 2 is 1.74 bits per heavy atom. The molecule has 1 fully saturated rings. The summed E-state index contributed by atoms with van der Waals surface area (Å²) in [6.45, 7) is 1.51. The molecule has 0 unspecified atom stereocenters. The molecule has 0 bridgehead atoms. The molecule has 0 radical (unpaired) electrons. The summed E-state index contributed by atoms with van der Waals surface area (Å²) in [6.07, 6.45) is 1.84. The zero-order chi connectivity index (χ0) is 14.0. The molecule has 1 aromatic carbocycles. The summed E-state index contributed by atoms with van der Waals surface area (Å²) in [4.78, 5) is 3.96. The molecular weight excluding hydrogens is 248 g/mol. The Labute approximate surface area is 113 Å². The lowest BCUT2D eigenvalue weighted by Crippen LogP contribution is -2.42. The number of nitrogens with two attached hydrogens (primary N) is 1. The van der Waals surface area contributed by atoms with Crippen molar-refractivity contribution >= 4 is 5.69 Å². The van der Waals surface area contributed by atoms with E-state index >= 15 is 0 Å². The first-order chi connectivity index (χ1) is 9.02. The van der Waals surface area contributed by atoms with Crippen LogP contribution in [0, 0.1) is 11.6 Å². The van der Waals surface area contributed by atoms with Gasteiger partial charge in [-0.25, -0.2) is 8.78 Å². The SMILES string of the molecule is CN(C)C1CCN(c2c(F)cc(CN)cc2F)CC1. The monoisotopic (exact) mass is 269 g/mol. The van der Waals surface area contributed by atoms with Gasteiger partial charge in [0.25, 0.3) is 0 Å². The summed E-state index contributed by atoms with van der Waals surface area (Å²) in [7, 11) is 4.08. The maximum Gasteiger partial charge on any atom is 0.149 e. The maximum absolute atomic E-state index is 14.0. The molecule has 2 rings (SSSR count). The Bertz CT molecular complexity index is 417. The van der Waals surface area contributed by atoms with Crippen molar-refractivity contribution in [3.05, 3.63) is 29.3 Å². The van der Waals surface area contributed by atoms with Crippen LogP contribution in [0.3, 0.4) is 0 Å². The fraction of sp³-hybridized carbons (Fsp3) is 0.571. The number of hydrogen-bond donors (Lipinski definition) is 1. The van der Waals surface area contributed by atoms with Crippen LogP contribution in [-0.2, 0) is 6.54 Å². The molecule has 2 N–H and O–H groups in total. The van der Waals surface area contributed by atoms with E-state index in [0.29, 0.717) is 24.7 Å². The smallest absolute Gasteiger partial charge is 0.149 e. The van der Waals surface area contributed by atoms with Gasteiger partial charge in [-0.15, -0.1) is 0 Å². The van der Waals surface area contributed by atoms with Crippen molar-refractivity contribution in [2.24, 2.45) is 5.73 Å². The topological polar surface area (TPSA) is 32.5 Å². The van der Waals surface area contributed by atoms with Gasteiger partial charge in [0.15, 0.2) is 0 Å². The Kier molecular flexibility index (Phi) is 4.37. The third-order valence-corrected chi connectivity index (χ3v) is 3.82. The first kappa shape index (κ1) is 14.2. The van der Waals surface area contributed by atoms with Gasteiger partial charge in [-0.2, -0.15) is 0 Å². The van der Waals surface area contributed by atoms with Crippen molar-refractivity contribution < 1.29 is 8.78 Å². The zero-order valence-corrected chi connectivity index (χ0v) is 11.5. The van der Waals surface area contributed by atoms with Crippen LogP contribution in [0.1, 0.15) is 18.4 Å². The van der Waals surface area contributed by atoms with Gasteiger partial charge < -0.3 is 15.5 Å². The highest BCUT2D eigenvalue weighted by Crippen LogP contribution is 2.28. The lowest BCUT2D eigenvalue weighted by Gasteiger charge is -2.36. The van der Waals surface area contributed by atoms with E-state index in [-0.39, 0.29) is 12.2 Å². The molecule has 3 nitrogen and oxygen atoms in total. The van der Waals surface area contributed by atoms with E-state index < -0.39 is 11.6 Å². The summed E-state index contributed by atoms with van der Waals surface area (Å²) >= 11 is 0. The number of piperidine rings is 1. The van der Waals surface area contributed by atoms with Crippen molar-refractivity contribution in [3.63, 3.8) is 0 Å². The number of halogens is 2. The molecule has 0 aromatic heterocycles. The summed E-state index contributed by atoms with van der Waals surface area (Å²) in [5.41, 5.74) is 6.00. The van der Waals surface area contributed by atoms with Gasteiger partial charge in [0.05, 0.1) is 0 Å². The minimum Gasteiger partial charge on any atom is -0.367 e. The Morgan fingerprint density at radius 3 is 2.16 bits per heavy atom. The Balaban J connectivity index is 2.15. The van der Waals surface area contributed by atoms with Crippen LogP contribution in [0.5, 0.6) is 0 Å². The van der Waals surface area contributed by atoms with Crippen molar-refractivity contribution in [1.82, 2.24) is 4.90 Å². The summed E-state index contributed by atoms with van der Waals surface area (Å²) < 4.78 is 28.0. The molecule has 1 aliphatic rings. The van der Waals surface area contributed by atoms with Crippen molar-refractivity contribution in [3.8, 4) is 0 Å². The van der Waals surface area contributed by atoms with Crippen LogP contribution in [0.4, 0.5) is 14.5 Å². The average Bonchev–Trinajstić information content (AvgIpc) is 2.38. The van der Waals surface area contributed by atoms with E-state index in [1.165, 1.54) is 12.1 Å². The number of benzene rings is 1. The minimum absolute atomic E-state index is 0.0920. The first-order valence-electron chi connectivity index (χ1n) is 6.62. The van der Waals surface area contributed by atoms with E-state index in [2.05, 4.69) is 4.90 Å². The number of nitrogens with zero attached hydrogens (tertiary/aromatic N) is 2. The molecule has 1 heterocycles. The highest BCUT2D eigenvalue weighted by molar-refractivity contribution is 5.51.